The SMILES string of the molecule is Cc1noc(/C=C/c2ccccc2F)c1S(=O)(=O)N1CCC[C@H](C(=O)Nc2ccc(Cl)c([N+](=O)[O-])c2)C1. The van der Waals surface area contributed by atoms with Crippen LogP contribution >= 0.6 is 11.6 Å². The number of carbonyl (C=O) groups excluding carboxylic acids is 1. The van der Waals surface area contributed by atoms with E-state index < -0.39 is 32.6 Å². The van der Waals surface area contributed by atoms with Gasteiger partial charge in [0, 0.05) is 30.4 Å². The Labute approximate surface area is 216 Å². The van der Waals surface area contributed by atoms with Gasteiger partial charge in [-0.15, -0.1) is 0 Å². The van der Waals surface area contributed by atoms with Crippen molar-refractivity contribution in [3.8, 4) is 0 Å². The number of hydrogen-bond donors (Lipinski definition) is 1. The monoisotopic (exact) mass is 548 g/mol. The highest BCUT2D eigenvalue weighted by Gasteiger charge is 2.37. The van der Waals surface area contributed by atoms with Crippen molar-refractivity contribution < 1.29 is 27.0 Å². The van der Waals surface area contributed by atoms with E-state index in [0.29, 0.717) is 12.8 Å². The first-order valence-corrected chi connectivity index (χ1v) is 13.0. The van der Waals surface area contributed by atoms with E-state index in [9.17, 15) is 27.7 Å². The normalized spacial score (nSPS) is 16.7. The van der Waals surface area contributed by atoms with E-state index in [-0.39, 0.29) is 51.4 Å². The predicted molar refractivity (Wildman–Crippen MR) is 135 cm³/mol. The molecule has 1 aromatic heterocycles. The molecule has 1 N–H and O–H groups in total. The molecule has 2 heterocycles. The zero-order valence-corrected chi connectivity index (χ0v) is 21.1. The molecule has 1 atom stereocenters. The van der Waals surface area contributed by atoms with Crippen LogP contribution in [0.1, 0.15) is 29.9 Å². The maximum absolute atomic E-state index is 14.0. The van der Waals surface area contributed by atoms with Crippen molar-refractivity contribution in [1.29, 1.82) is 0 Å². The predicted octanol–water partition coefficient (Wildman–Crippen LogP) is 4.89. The molecule has 2 aromatic carbocycles. The average molecular weight is 549 g/mol. The van der Waals surface area contributed by atoms with Crippen LogP contribution in [-0.4, -0.2) is 41.8 Å². The van der Waals surface area contributed by atoms with E-state index >= 15 is 0 Å². The molecule has 0 saturated carbocycles. The molecule has 0 bridgehead atoms. The first kappa shape index (κ1) is 26.5. The summed E-state index contributed by atoms with van der Waals surface area (Å²) in [5.41, 5.74) is 0.202. The second-order valence-electron chi connectivity index (χ2n) is 8.43. The molecule has 0 aliphatic carbocycles. The molecule has 1 aliphatic rings. The fourth-order valence-electron chi connectivity index (χ4n) is 4.05. The maximum Gasteiger partial charge on any atom is 0.289 e. The number of piperidine rings is 1. The van der Waals surface area contributed by atoms with Crippen molar-refractivity contribution in [2.24, 2.45) is 5.92 Å². The number of benzene rings is 2. The fraction of sp³-hybridized carbons (Fsp3) is 0.250. The second-order valence-corrected chi connectivity index (χ2v) is 10.7. The van der Waals surface area contributed by atoms with E-state index in [1.807, 2.05) is 0 Å². The number of nitrogens with one attached hydrogen (secondary N) is 1. The highest BCUT2D eigenvalue weighted by atomic mass is 35.5. The van der Waals surface area contributed by atoms with Crippen LogP contribution in [0, 0.1) is 28.8 Å². The molecule has 1 fully saturated rings. The zero-order chi connectivity index (χ0) is 26.7. The largest absolute Gasteiger partial charge is 0.355 e. The van der Waals surface area contributed by atoms with Gasteiger partial charge in [0.15, 0.2) is 10.7 Å². The molecule has 3 aromatic rings. The number of aromatic nitrogens is 1. The summed E-state index contributed by atoms with van der Waals surface area (Å²) < 4.78 is 47.5. The summed E-state index contributed by atoms with van der Waals surface area (Å²) in [6.07, 6.45) is 3.58. The molecule has 0 unspecified atom stereocenters. The van der Waals surface area contributed by atoms with Crippen LogP contribution in [-0.2, 0) is 14.8 Å². The van der Waals surface area contributed by atoms with Gasteiger partial charge in [0.25, 0.3) is 5.69 Å². The molecule has 0 spiro atoms. The minimum Gasteiger partial charge on any atom is -0.355 e. The van der Waals surface area contributed by atoms with Crippen molar-refractivity contribution in [3.63, 3.8) is 0 Å². The van der Waals surface area contributed by atoms with Gasteiger partial charge < -0.3 is 9.84 Å². The third-order valence-corrected chi connectivity index (χ3v) is 8.26. The van der Waals surface area contributed by atoms with Crippen molar-refractivity contribution in [2.75, 3.05) is 18.4 Å². The number of nitro groups is 1. The van der Waals surface area contributed by atoms with Crippen LogP contribution in [0.2, 0.25) is 5.02 Å². The lowest BCUT2D eigenvalue weighted by Crippen LogP contribution is -2.43. The zero-order valence-electron chi connectivity index (χ0n) is 19.6. The Hall–Kier alpha value is -3.61. The minimum absolute atomic E-state index is 0.0548. The topological polar surface area (TPSA) is 136 Å². The highest BCUT2D eigenvalue weighted by molar-refractivity contribution is 7.89. The van der Waals surface area contributed by atoms with Gasteiger partial charge in [0.05, 0.1) is 10.8 Å². The number of rotatable bonds is 7. The molecular weight excluding hydrogens is 527 g/mol. The van der Waals surface area contributed by atoms with Gasteiger partial charge in [0.1, 0.15) is 16.5 Å². The lowest BCUT2D eigenvalue weighted by molar-refractivity contribution is -0.384. The van der Waals surface area contributed by atoms with Gasteiger partial charge >= 0.3 is 0 Å². The standard InChI is InChI=1S/C24H22ClFN4O6S/c1-15-23(22(36-28-15)11-8-16-5-2-3-7-20(16)26)37(34,35)29-12-4-6-17(14-29)24(31)27-18-9-10-19(25)21(13-18)30(32)33/h2-3,5,7-11,13,17H,4,6,12,14H2,1H3,(H,27,31)/b11-8+/t17-/m0/s1. The first-order chi connectivity index (χ1) is 17.6. The Morgan fingerprint density at radius 1 is 1.30 bits per heavy atom. The maximum atomic E-state index is 14.0. The Balaban J connectivity index is 1.53. The molecule has 0 radical (unpaired) electrons. The summed E-state index contributed by atoms with van der Waals surface area (Å²) >= 11 is 5.82. The average Bonchev–Trinajstić information content (AvgIpc) is 3.25. The number of sulfonamides is 1. The number of nitro benzene ring substituents is 1. The van der Waals surface area contributed by atoms with Crippen molar-refractivity contribution in [3.05, 3.63) is 80.4 Å². The summed E-state index contributed by atoms with van der Waals surface area (Å²) in [7, 11) is -4.11. The summed E-state index contributed by atoms with van der Waals surface area (Å²) in [6, 6.07) is 9.88. The van der Waals surface area contributed by atoms with Gasteiger partial charge in [-0.2, -0.15) is 4.31 Å². The minimum atomic E-state index is -4.11. The molecular formula is C24H22ClFN4O6S. The van der Waals surface area contributed by atoms with Crippen LogP contribution in [0.25, 0.3) is 12.2 Å². The van der Waals surface area contributed by atoms with Gasteiger partial charge in [0.2, 0.25) is 15.9 Å². The quantitative estimate of drug-likeness (QED) is 0.328. The van der Waals surface area contributed by atoms with Gasteiger partial charge in [-0.25, -0.2) is 12.8 Å². The van der Waals surface area contributed by atoms with Crippen LogP contribution < -0.4 is 5.32 Å². The van der Waals surface area contributed by atoms with Crippen LogP contribution in [0.5, 0.6) is 0 Å². The molecule has 13 heteroatoms. The summed E-state index contributed by atoms with van der Waals surface area (Å²) in [6.45, 7) is 1.56. The molecule has 10 nitrogen and oxygen atoms in total. The molecule has 1 amide bonds. The smallest absolute Gasteiger partial charge is 0.289 e. The Morgan fingerprint density at radius 3 is 2.78 bits per heavy atom. The fourth-order valence-corrected chi connectivity index (χ4v) is 6.01. The van der Waals surface area contributed by atoms with Crippen molar-refractivity contribution in [2.45, 2.75) is 24.7 Å². The summed E-state index contributed by atoms with van der Waals surface area (Å²) in [5.74, 6) is -1.70. The lowest BCUT2D eigenvalue weighted by atomic mass is 9.98. The Kier molecular flexibility index (Phi) is 7.71. The Bertz CT molecular complexity index is 1490. The highest BCUT2D eigenvalue weighted by Crippen LogP contribution is 2.31. The van der Waals surface area contributed by atoms with Gasteiger partial charge in [-0.1, -0.05) is 35.0 Å². The number of carbonyl (C=O) groups is 1. The van der Waals surface area contributed by atoms with Gasteiger partial charge in [-0.3, -0.25) is 14.9 Å². The van der Waals surface area contributed by atoms with Crippen LogP contribution in [0.15, 0.2) is 51.9 Å². The van der Waals surface area contributed by atoms with Gasteiger partial charge in [-0.05, 0) is 50.1 Å². The van der Waals surface area contributed by atoms with Crippen molar-refractivity contribution >= 4 is 51.1 Å². The molecule has 4 rings (SSSR count). The number of nitrogens with zero attached hydrogens (tertiary/aromatic N) is 3. The molecule has 37 heavy (non-hydrogen) atoms. The van der Waals surface area contributed by atoms with Crippen LogP contribution in [0.3, 0.4) is 0 Å². The third kappa shape index (κ3) is 5.71. The number of halogens is 2. The van der Waals surface area contributed by atoms with E-state index in [4.69, 9.17) is 16.1 Å². The molecule has 194 valence electrons. The number of hydrogen-bond acceptors (Lipinski definition) is 7. The Morgan fingerprint density at radius 2 is 2.05 bits per heavy atom. The first-order valence-electron chi connectivity index (χ1n) is 11.2. The third-order valence-electron chi connectivity index (χ3n) is 5.92. The van der Waals surface area contributed by atoms with E-state index in [0.717, 1.165) is 6.07 Å². The summed E-state index contributed by atoms with van der Waals surface area (Å²) in [4.78, 5) is 23.2. The lowest BCUT2D eigenvalue weighted by Gasteiger charge is -2.31. The van der Waals surface area contributed by atoms with E-state index in [2.05, 4.69) is 10.5 Å². The van der Waals surface area contributed by atoms with Crippen molar-refractivity contribution in [1.82, 2.24) is 9.46 Å². The molecule has 1 saturated heterocycles. The second kappa shape index (κ2) is 10.8. The summed E-state index contributed by atoms with van der Waals surface area (Å²) in [5, 5.41) is 17.4. The molecule has 1 aliphatic heterocycles. The number of amides is 1. The van der Waals surface area contributed by atoms with E-state index in [1.165, 1.54) is 53.7 Å². The van der Waals surface area contributed by atoms with Crippen LogP contribution in [0.4, 0.5) is 15.8 Å². The van der Waals surface area contributed by atoms with E-state index in [1.54, 1.807) is 6.07 Å². The number of aryl methyl sites for hydroxylation is 1. The number of anilines is 1.